The number of carbonyl (C=O) groups is 1. The Bertz CT molecular complexity index is 198. The highest BCUT2D eigenvalue weighted by atomic mass is 16.5. The van der Waals surface area contributed by atoms with E-state index in [9.17, 15) is 9.90 Å². The van der Waals surface area contributed by atoms with Crippen molar-refractivity contribution < 1.29 is 14.6 Å². The van der Waals surface area contributed by atoms with Gasteiger partial charge >= 0.3 is 5.97 Å². The first-order chi connectivity index (χ1) is 5.25. The van der Waals surface area contributed by atoms with Crippen LogP contribution >= 0.6 is 0 Å². The van der Waals surface area contributed by atoms with Gasteiger partial charge in [0.25, 0.3) is 0 Å². The first-order valence-electron chi connectivity index (χ1n) is 3.45. The molecule has 0 unspecified atom stereocenters. The van der Waals surface area contributed by atoms with Crippen molar-refractivity contribution in [2.75, 3.05) is 20.2 Å². The van der Waals surface area contributed by atoms with Crippen LogP contribution in [0.2, 0.25) is 0 Å². The molecule has 4 nitrogen and oxygen atoms in total. The molecule has 0 atom stereocenters. The largest absolute Gasteiger partial charge is 0.510 e. The van der Waals surface area contributed by atoms with Crippen LogP contribution in [0.5, 0.6) is 0 Å². The zero-order valence-corrected chi connectivity index (χ0v) is 6.39. The maximum absolute atomic E-state index is 10.9. The quantitative estimate of drug-likeness (QED) is 0.524. The van der Waals surface area contributed by atoms with E-state index in [-0.39, 0.29) is 5.76 Å². The van der Waals surface area contributed by atoms with Gasteiger partial charge in [0.05, 0.1) is 19.2 Å². The lowest BCUT2D eigenvalue weighted by Crippen LogP contribution is -2.28. The Hall–Kier alpha value is -1.03. The summed E-state index contributed by atoms with van der Waals surface area (Å²) in [6, 6.07) is 0. The molecule has 1 aliphatic heterocycles. The van der Waals surface area contributed by atoms with E-state index in [1.54, 1.807) is 0 Å². The highest BCUT2D eigenvalue weighted by Crippen LogP contribution is 2.10. The first kappa shape index (κ1) is 8.07. The number of nitrogens with one attached hydrogen (secondary N) is 1. The number of esters is 1. The minimum Gasteiger partial charge on any atom is -0.510 e. The van der Waals surface area contributed by atoms with Crippen molar-refractivity contribution in [3.05, 3.63) is 11.3 Å². The predicted octanol–water partition coefficient (Wildman–Crippen LogP) is -0.0352. The summed E-state index contributed by atoms with van der Waals surface area (Å²) in [7, 11) is 1.31. The van der Waals surface area contributed by atoms with Gasteiger partial charge in [0, 0.05) is 0 Å². The fourth-order valence-corrected chi connectivity index (χ4v) is 1.01. The summed E-state index contributed by atoms with van der Waals surface area (Å²) in [5.74, 6) is -0.327. The van der Waals surface area contributed by atoms with Gasteiger partial charge < -0.3 is 15.2 Å². The molecule has 1 heterocycles. The van der Waals surface area contributed by atoms with Crippen LogP contribution in [0.3, 0.4) is 0 Å². The maximum Gasteiger partial charge on any atom is 0.337 e. The van der Waals surface area contributed by atoms with Crippen LogP contribution in [0.1, 0.15) is 6.42 Å². The van der Waals surface area contributed by atoms with Crippen LogP contribution in [0, 0.1) is 0 Å². The molecule has 0 aromatic heterocycles. The minimum absolute atomic E-state index is 0.100. The van der Waals surface area contributed by atoms with E-state index in [1.807, 2.05) is 0 Å². The number of aliphatic hydroxyl groups is 1. The number of ether oxygens (including phenoxy) is 1. The third-order valence-electron chi connectivity index (χ3n) is 1.62. The van der Waals surface area contributed by atoms with Gasteiger partial charge in [-0.2, -0.15) is 0 Å². The average molecular weight is 157 g/mol. The SMILES string of the molecule is COC(=O)C1=C(O)CNCC1. The molecule has 0 bridgehead atoms. The summed E-state index contributed by atoms with van der Waals surface area (Å²) in [4.78, 5) is 10.9. The molecule has 0 fully saturated rings. The van der Waals surface area contributed by atoms with Crippen molar-refractivity contribution in [2.24, 2.45) is 0 Å². The van der Waals surface area contributed by atoms with Crippen molar-refractivity contribution >= 4 is 5.97 Å². The van der Waals surface area contributed by atoms with E-state index < -0.39 is 5.97 Å². The second-order valence-corrected chi connectivity index (χ2v) is 2.34. The molecule has 0 aromatic rings. The number of carbonyl (C=O) groups excluding carboxylic acids is 1. The molecule has 0 saturated heterocycles. The Labute approximate surface area is 64.9 Å². The molecule has 0 saturated carbocycles. The van der Waals surface area contributed by atoms with E-state index in [4.69, 9.17) is 0 Å². The number of aliphatic hydroxyl groups excluding tert-OH is 1. The van der Waals surface area contributed by atoms with E-state index in [2.05, 4.69) is 10.1 Å². The lowest BCUT2D eigenvalue weighted by molar-refractivity contribution is -0.136. The summed E-state index contributed by atoms with van der Waals surface area (Å²) in [5.41, 5.74) is 0.395. The normalized spacial score (nSPS) is 18.3. The van der Waals surface area contributed by atoms with Crippen molar-refractivity contribution in [1.29, 1.82) is 0 Å². The van der Waals surface area contributed by atoms with Crippen LogP contribution < -0.4 is 5.32 Å². The van der Waals surface area contributed by atoms with Gasteiger partial charge in [0.15, 0.2) is 0 Å². The molecule has 0 spiro atoms. The molecule has 1 rings (SSSR count). The molecule has 0 aliphatic carbocycles. The van der Waals surface area contributed by atoms with Crippen molar-refractivity contribution in [3.63, 3.8) is 0 Å². The molecule has 4 heteroatoms. The Balaban J connectivity index is 2.74. The Morgan fingerprint density at radius 3 is 3.00 bits per heavy atom. The van der Waals surface area contributed by atoms with E-state index in [0.29, 0.717) is 25.1 Å². The van der Waals surface area contributed by atoms with E-state index in [1.165, 1.54) is 7.11 Å². The summed E-state index contributed by atoms with van der Waals surface area (Å²) < 4.78 is 4.48. The summed E-state index contributed by atoms with van der Waals surface area (Å²) in [6.07, 6.45) is 0.540. The Kier molecular flexibility index (Phi) is 2.48. The fraction of sp³-hybridized carbons (Fsp3) is 0.571. The highest BCUT2D eigenvalue weighted by Gasteiger charge is 2.18. The molecule has 0 radical (unpaired) electrons. The third kappa shape index (κ3) is 1.71. The van der Waals surface area contributed by atoms with Crippen LogP contribution in [-0.2, 0) is 9.53 Å². The molecule has 2 N–H and O–H groups in total. The lowest BCUT2D eigenvalue weighted by atomic mass is 10.1. The standard InChI is InChI=1S/C7H11NO3/c1-11-7(10)5-2-3-8-4-6(5)9/h8-9H,2-4H2,1H3. The molecule has 0 amide bonds. The summed E-state index contributed by atoms with van der Waals surface area (Å²) in [5, 5.41) is 12.1. The number of hydrogen-bond acceptors (Lipinski definition) is 4. The van der Waals surface area contributed by atoms with E-state index in [0.717, 1.165) is 0 Å². The molecule has 0 aromatic carbocycles. The lowest BCUT2D eigenvalue weighted by Gasteiger charge is -2.14. The molecule has 1 aliphatic rings. The Morgan fingerprint density at radius 2 is 2.45 bits per heavy atom. The summed E-state index contributed by atoms with van der Waals surface area (Å²) in [6.45, 7) is 1.08. The predicted molar refractivity (Wildman–Crippen MR) is 39.2 cm³/mol. The molecular formula is C7H11NO3. The number of methoxy groups -OCH3 is 1. The van der Waals surface area contributed by atoms with Crippen LogP contribution in [0.4, 0.5) is 0 Å². The monoisotopic (exact) mass is 157 g/mol. The zero-order valence-electron chi connectivity index (χ0n) is 6.39. The fourth-order valence-electron chi connectivity index (χ4n) is 1.01. The Morgan fingerprint density at radius 1 is 1.73 bits per heavy atom. The van der Waals surface area contributed by atoms with Gasteiger partial charge in [-0.25, -0.2) is 4.79 Å². The highest BCUT2D eigenvalue weighted by molar-refractivity contribution is 5.89. The summed E-state index contributed by atoms with van der Waals surface area (Å²) >= 11 is 0. The maximum atomic E-state index is 10.9. The number of hydrogen-bond donors (Lipinski definition) is 2. The molecule has 62 valence electrons. The first-order valence-corrected chi connectivity index (χ1v) is 3.45. The van der Waals surface area contributed by atoms with Gasteiger partial charge in [-0.1, -0.05) is 0 Å². The average Bonchev–Trinajstić information content (AvgIpc) is 2.04. The van der Waals surface area contributed by atoms with Gasteiger partial charge in [0.2, 0.25) is 0 Å². The smallest absolute Gasteiger partial charge is 0.337 e. The second kappa shape index (κ2) is 3.39. The van der Waals surface area contributed by atoms with Crippen molar-refractivity contribution in [3.8, 4) is 0 Å². The van der Waals surface area contributed by atoms with Crippen LogP contribution in [0.15, 0.2) is 11.3 Å². The second-order valence-electron chi connectivity index (χ2n) is 2.34. The zero-order chi connectivity index (χ0) is 8.27. The minimum atomic E-state index is -0.427. The van der Waals surface area contributed by atoms with Gasteiger partial charge in [-0.3, -0.25) is 0 Å². The van der Waals surface area contributed by atoms with Crippen molar-refractivity contribution in [1.82, 2.24) is 5.32 Å². The van der Waals surface area contributed by atoms with Gasteiger partial charge in [0.1, 0.15) is 5.76 Å². The van der Waals surface area contributed by atoms with Crippen LogP contribution in [0.25, 0.3) is 0 Å². The van der Waals surface area contributed by atoms with Gasteiger partial charge in [-0.15, -0.1) is 0 Å². The van der Waals surface area contributed by atoms with Gasteiger partial charge in [-0.05, 0) is 13.0 Å². The number of rotatable bonds is 1. The topological polar surface area (TPSA) is 58.6 Å². The van der Waals surface area contributed by atoms with E-state index >= 15 is 0 Å². The molecular weight excluding hydrogens is 146 g/mol. The van der Waals surface area contributed by atoms with Crippen molar-refractivity contribution in [2.45, 2.75) is 6.42 Å². The van der Waals surface area contributed by atoms with Crippen LogP contribution in [-0.4, -0.2) is 31.3 Å². The molecule has 11 heavy (non-hydrogen) atoms. The third-order valence-corrected chi connectivity index (χ3v) is 1.62.